The molecule has 0 heterocycles. The molecule has 0 aliphatic heterocycles. The minimum Gasteiger partial charge on any atom is -0.462 e. The van der Waals surface area contributed by atoms with Crippen molar-refractivity contribution in [1.82, 2.24) is 15.5 Å². The van der Waals surface area contributed by atoms with Crippen LogP contribution in [0.2, 0.25) is 12.1 Å². The predicted octanol–water partition coefficient (Wildman–Crippen LogP) is 14.8. The lowest BCUT2D eigenvalue weighted by molar-refractivity contribution is -0.149. The zero-order valence-corrected chi connectivity index (χ0v) is 52.9. The van der Waals surface area contributed by atoms with Crippen molar-refractivity contribution in [2.24, 2.45) is 0 Å². The summed E-state index contributed by atoms with van der Waals surface area (Å²) in [5.41, 5.74) is 0. The van der Waals surface area contributed by atoms with Crippen LogP contribution in [0.3, 0.4) is 0 Å². The molecule has 0 bridgehead atoms. The average Bonchev–Trinajstić information content (AvgIpc) is 3.41. The predicted molar refractivity (Wildman–Crippen MR) is 315 cm³/mol. The van der Waals surface area contributed by atoms with Gasteiger partial charge in [-0.25, -0.2) is 9.59 Å². The van der Waals surface area contributed by atoms with Crippen molar-refractivity contribution in [3.63, 3.8) is 0 Å². The molecule has 0 aliphatic rings. The minimum absolute atomic E-state index is 0.0248. The van der Waals surface area contributed by atoms with Crippen molar-refractivity contribution in [3.05, 3.63) is 0 Å². The molecule has 0 rings (SSSR count). The SMILES string of the molecule is CCCCCCCCCCCCCCCCN(CCCCCCCCCCCCCCCC)C(=O)CCC(=O)OCC(COC(=O)NCCC[Si](OCC)(OCC)OCC)OC(=O)NCCC[Si](OCC)(OCC)OCC. The highest BCUT2D eigenvalue weighted by Gasteiger charge is 2.40. The Labute approximate surface area is 473 Å². The van der Waals surface area contributed by atoms with Crippen molar-refractivity contribution in [3.8, 4) is 0 Å². The molecule has 3 amide bonds. The van der Waals surface area contributed by atoms with E-state index in [0.29, 0.717) is 77.7 Å². The van der Waals surface area contributed by atoms with Gasteiger partial charge in [0.1, 0.15) is 13.2 Å². The highest BCUT2D eigenvalue weighted by atomic mass is 28.4. The molecule has 0 radical (unpaired) electrons. The molecule has 77 heavy (non-hydrogen) atoms. The molecule has 2 N–H and O–H groups in total. The van der Waals surface area contributed by atoms with Crippen LogP contribution in [0.4, 0.5) is 9.59 Å². The summed E-state index contributed by atoms with van der Waals surface area (Å²) in [5.74, 6) is -0.647. The zero-order chi connectivity index (χ0) is 56.8. The molecule has 1 atom stereocenters. The highest BCUT2D eigenvalue weighted by Crippen LogP contribution is 2.20. The van der Waals surface area contributed by atoms with Gasteiger partial charge in [0.05, 0.1) is 6.42 Å². The van der Waals surface area contributed by atoms with Gasteiger partial charge >= 0.3 is 35.8 Å². The summed E-state index contributed by atoms with van der Waals surface area (Å²) in [5, 5.41) is 5.46. The van der Waals surface area contributed by atoms with Crippen molar-refractivity contribution in [2.75, 3.05) is 79.0 Å². The number of amides is 3. The number of ether oxygens (including phenoxy) is 3. The van der Waals surface area contributed by atoms with E-state index in [1.807, 2.05) is 46.4 Å². The van der Waals surface area contributed by atoms with Gasteiger partial charge in [-0.3, -0.25) is 9.59 Å². The Morgan fingerprint density at radius 1 is 0.377 bits per heavy atom. The van der Waals surface area contributed by atoms with Gasteiger partial charge in [-0.05, 0) is 67.2 Å². The Balaban J connectivity index is 5.44. The van der Waals surface area contributed by atoms with Crippen LogP contribution in [0.15, 0.2) is 0 Å². The number of alkyl carbamates (subject to hydrolysis) is 2. The zero-order valence-electron chi connectivity index (χ0n) is 50.9. The van der Waals surface area contributed by atoms with Gasteiger partial charge in [0, 0.05) is 84.3 Å². The number of carbonyl (C=O) groups excluding carboxylic acids is 4. The van der Waals surface area contributed by atoms with Gasteiger partial charge in [-0.2, -0.15) is 0 Å². The molecule has 16 nitrogen and oxygen atoms in total. The lowest BCUT2D eigenvalue weighted by Crippen LogP contribution is -2.46. The molecule has 456 valence electrons. The number of esters is 1. The van der Waals surface area contributed by atoms with E-state index >= 15 is 0 Å². The third-order valence-electron chi connectivity index (χ3n) is 13.6. The van der Waals surface area contributed by atoms with Crippen LogP contribution in [-0.4, -0.2) is 132 Å². The molecule has 0 aromatic carbocycles. The molecule has 0 aliphatic carbocycles. The van der Waals surface area contributed by atoms with Gasteiger partial charge in [0.2, 0.25) is 5.91 Å². The second-order valence-corrected chi connectivity index (χ2v) is 25.9. The molecule has 0 saturated heterocycles. The number of hydrogen-bond acceptors (Lipinski definition) is 13. The summed E-state index contributed by atoms with van der Waals surface area (Å²) in [6.45, 7) is 19.7. The Kier molecular flexibility index (Phi) is 52.6. The van der Waals surface area contributed by atoms with E-state index in [1.165, 1.54) is 154 Å². The first-order valence-electron chi connectivity index (χ1n) is 31.6. The Bertz CT molecular complexity index is 1310. The third kappa shape index (κ3) is 44.1. The van der Waals surface area contributed by atoms with Crippen molar-refractivity contribution >= 4 is 41.7 Å². The van der Waals surface area contributed by atoms with Gasteiger partial charge in [0.25, 0.3) is 0 Å². The first-order valence-corrected chi connectivity index (χ1v) is 35.5. The largest absolute Gasteiger partial charge is 0.500 e. The molecule has 1 unspecified atom stereocenters. The minimum atomic E-state index is -2.91. The quantitative estimate of drug-likeness (QED) is 0.0255. The van der Waals surface area contributed by atoms with E-state index in [0.717, 1.165) is 25.7 Å². The van der Waals surface area contributed by atoms with Crippen LogP contribution in [-0.2, 0) is 50.4 Å². The smallest absolute Gasteiger partial charge is 0.462 e. The maximum atomic E-state index is 13.7. The third-order valence-corrected chi connectivity index (χ3v) is 19.9. The molecule has 0 saturated carbocycles. The fourth-order valence-electron chi connectivity index (χ4n) is 9.50. The van der Waals surface area contributed by atoms with Crippen molar-refractivity contribution in [1.29, 1.82) is 0 Å². The molecule has 0 aromatic heterocycles. The number of carbonyl (C=O) groups is 4. The number of unbranched alkanes of at least 4 members (excludes halogenated alkanes) is 26. The number of hydrogen-bond donors (Lipinski definition) is 2. The number of nitrogens with zero attached hydrogens (tertiary/aromatic N) is 1. The van der Waals surface area contributed by atoms with E-state index in [4.69, 9.17) is 40.8 Å². The monoisotopic (exact) mass is 1130 g/mol. The van der Waals surface area contributed by atoms with Crippen LogP contribution in [0.5, 0.6) is 0 Å². The van der Waals surface area contributed by atoms with Gasteiger partial charge in [-0.1, -0.05) is 181 Å². The van der Waals surface area contributed by atoms with Crippen LogP contribution < -0.4 is 10.6 Å². The first-order chi connectivity index (χ1) is 37.5. The van der Waals surface area contributed by atoms with E-state index in [9.17, 15) is 19.2 Å². The van der Waals surface area contributed by atoms with Crippen LogP contribution >= 0.6 is 0 Å². The van der Waals surface area contributed by atoms with E-state index in [1.54, 1.807) is 0 Å². The summed E-state index contributed by atoms with van der Waals surface area (Å²) in [4.78, 5) is 54.9. The Morgan fingerprint density at radius 3 is 1.03 bits per heavy atom. The summed E-state index contributed by atoms with van der Waals surface area (Å²) in [6.07, 6.45) is 34.1. The topological polar surface area (TPSA) is 179 Å². The lowest BCUT2D eigenvalue weighted by atomic mass is 10.0. The summed E-state index contributed by atoms with van der Waals surface area (Å²) < 4.78 is 52.3. The summed E-state index contributed by atoms with van der Waals surface area (Å²) in [7, 11) is -5.80. The van der Waals surface area contributed by atoms with Crippen LogP contribution in [0, 0.1) is 0 Å². The van der Waals surface area contributed by atoms with Gasteiger partial charge in [-0.15, -0.1) is 0 Å². The van der Waals surface area contributed by atoms with Gasteiger partial charge < -0.3 is 56.3 Å². The summed E-state index contributed by atoms with van der Waals surface area (Å²) in [6, 6.07) is 0.999. The molecular formula is C59H119N3O13Si2. The van der Waals surface area contributed by atoms with Crippen LogP contribution in [0.1, 0.15) is 261 Å². The van der Waals surface area contributed by atoms with E-state index < -0.39 is 41.9 Å². The normalized spacial score (nSPS) is 12.2. The van der Waals surface area contributed by atoms with Crippen LogP contribution in [0.25, 0.3) is 0 Å². The van der Waals surface area contributed by atoms with Gasteiger partial charge in [0.15, 0.2) is 6.10 Å². The first kappa shape index (κ1) is 74.7. The standard InChI is InChI=1S/C59H119N3O13Si2/c1-9-17-19-21-23-25-27-29-31-33-35-37-39-41-49-62(50-42-40-38-36-34-32-30-28-26-24-22-20-18-10-2)56(63)45-46-57(64)67-53-55(75-59(66)61-48-44-52-77(72-14-6,73-15-7)74-16-8)54-68-58(65)60-47-43-51-76(69-11-3,70-12-4)71-13-5/h55H,9-54H2,1-8H3,(H,60,65)(H,61,66). The van der Waals surface area contributed by atoms with E-state index in [-0.39, 0.29) is 45.1 Å². The maximum absolute atomic E-state index is 13.7. The lowest BCUT2D eigenvalue weighted by Gasteiger charge is -2.28. The molecule has 0 fully saturated rings. The summed E-state index contributed by atoms with van der Waals surface area (Å²) >= 11 is 0. The molecule has 0 aromatic rings. The number of rotatable bonds is 58. The molecule has 0 spiro atoms. The van der Waals surface area contributed by atoms with Crippen molar-refractivity contribution < 1.29 is 59.9 Å². The fourth-order valence-corrected chi connectivity index (χ4v) is 14.7. The fraction of sp³-hybridized carbons (Fsp3) is 0.932. The number of nitrogens with one attached hydrogen (secondary N) is 2. The Morgan fingerprint density at radius 2 is 0.688 bits per heavy atom. The second kappa shape index (κ2) is 54.3. The highest BCUT2D eigenvalue weighted by molar-refractivity contribution is 6.61. The van der Waals surface area contributed by atoms with Crippen molar-refractivity contribution in [2.45, 2.75) is 279 Å². The molecule has 18 heteroatoms. The maximum Gasteiger partial charge on any atom is 0.500 e. The Hall–Kier alpha value is -2.33. The average molecular weight is 1130 g/mol. The second-order valence-electron chi connectivity index (χ2n) is 20.4. The van der Waals surface area contributed by atoms with E-state index in [2.05, 4.69) is 24.5 Å². The molecular weight excluding hydrogens is 1010 g/mol.